The zero-order chi connectivity index (χ0) is 14.9. The summed E-state index contributed by atoms with van der Waals surface area (Å²) in [4.78, 5) is 24.6. The van der Waals surface area contributed by atoms with Crippen molar-refractivity contribution in [3.8, 4) is 0 Å². The van der Waals surface area contributed by atoms with E-state index in [1.807, 2.05) is 20.2 Å². The standard InChI is InChI=1S/C12H13N3O3S2/c1-7-8(6-14(2)13-7)5-9-11(18)15(12(19)20-9)4-3-10(16)17/h5-6H,3-4H2,1-2H3,(H,16,17). The molecule has 8 heteroatoms. The zero-order valence-electron chi connectivity index (χ0n) is 11.0. The molecule has 20 heavy (non-hydrogen) atoms. The Morgan fingerprint density at radius 2 is 2.30 bits per heavy atom. The zero-order valence-corrected chi connectivity index (χ0v) is 12.6. The molecule has 0 radical (unpaired) electrons. The Hall–Kier alpha value is -1.67. The van der Waals surface area contributed by atoms with Crippen molar-refractivity contribution >= 4 is 46.3 Å². The van der Waals surface area contributed by atoms with E-state index in [4.69, 9.17) is 17.3 Å². The van der Waals surface area contributed by atoms with Crippen LogP contribution in [0.3, 0.4) is 0 Å². The SMILES string of the molecule is Cc1nn(C)cc1C=C1SC(=S)N(CCC(=O)O)C1=O. The summed E-state index contributed by atoms with van der Waals surface area (Å²) in [7, 11) is 1.81. The molecule has 6 nitrogen and oxygen atoms in total. The van der Waals surface area contributed by atoms with Crippen molar-refractivity contribution in [2.75, 3.05) is 6.54 Å². The van der Waals surface area contributed by atoms with Gasteiger partial charge in [-0.1, -0.05) is 24.0 Å². The predicted molar refractivity (Wildman–Crippen MR) is 80.1 cm³/mol. The first-order valence-corrected chi connectivity index (χ1v) is 7.08. The number of aliphatic carboxylic acids is 1. The van der Waals surface area contributed by atoms with Gasteiger partial charge in [0.05, 0.1) is 17.0 Å². The maximum absolute atomic E-state index is 12.2. The summed E-state index contributed by atoms with van der Waals surface area (Å²) >= 11 is 6.30. The van der Waals surface area contributed by atoms with Gasteiger partial charge in [0.15, 0.2) is 0 Å². The number of thioether (sulfide) groups is 1. The van der Waals surface area contributed by atoms with E-state index in [2.05, 4.69) is 5.10 Å². The van der Waals surface area contributed by atoms with Crippen LogP contribution in [0.5, 0.6) is 0 Å². The van der Waals surface area contributed by atoms with Gasteiger partial charge < -0.3 is 5.11 Å². The maximum Gasteiger partial charge on any atom is 0.305 e. The molecule has 1 aliphatic rings. The minimum atomic E-state index is -0.953. The Bertz CT molecular complexity index is 621. The van der Waals surface area contributed by atoms with Crippen LogP contribution in [-0.4, -0.2) is 42.5 Å². The molecule has 0 spiro atoms. The number of hydrogen-bond acceptors (Lipinski definition) is 5. The highest BCUT2D eigenvalue weighted by atomic mass is 32.2. The lowest BCUT2D eigenvalue weighted by atomic mass is 10.2. The second-order valence-electron chi connectivity index (χ2n) is 4.32. The molecule has 0 saturated carbocycles. The lowest BCUT2D eigenvalue weighted by Crippen LogP contribution is -2.30. The Balaban J connectivity index is 2.19. The summed E-state index contributed by atoms with van der Waals surface area (Å²) in [5.74, 6) is -1.20. The van der Waals surface area contributed by atoms with E-state index in [0.29, 0.717) is 9.23 Å². The number of nitrogens with zero attached hydrogens (tertiary/aromatic N) is 3. The molecule has 2 heterocycles. The molecule has 1 fully saturated rings. The number of carboxylic acid groups (broad SMARTS) is 1. The van der Waals surface area contributed by atoms with Gasteiger partial charge in [0.1, 0.15) is 4.32 Å². The molecule has 1 aromatic heterocycles. The van der Waals surface area contributed by atoms with Crippen LogP contribution in [-0.2, 0) is 16.6 Å². The van der Waals surface area contributed by atoms with Gasteiger partial charge in [-0.15, -0.1) is 0 Å². The third-order valence-corrected chi connectivity index (χ3v) is 4.14. The smallest absolute Gasteiger partial charge is 0.305 e. The molecule has 2 rings (SSSR count). The summed E-state index contributed by atoms with van der Waals surface area (Å²) in [6, 6.07) is 0. The van der Waals surface area contributed by atoms with E-state index < -0.39 is 5.97 Å². The van der Waals surface area contributed by atoms with Crippen molar-refractivity contribution in [2.24, 2.45) is 7.05 Å². The number of aryl methyl sites for hydroxylation is 2. The monoisotopic (exact) mass is 311 g/mol. The van der Waals surface area contributed by atoms with Crippen molar-refractivity contribution in [1.29, 1.82) is 0 Å². The molecule has 106 valence electrons. The molecule has 0 atom stereocenters. The van der Waals surface area contributed by atoms with Gasteiger partial charge in [-0.3, -0.25) is 19.2 Å². The average molecular weight is 311 g/mol. The second kappa shape index (κ2) is 5.76. The predicted octanol–water partition coefficient (Wildman–Crippen LogP) is 1.40. The highest BCUT2D eigenvalue weighted by Gasteiger charge is 2.32. The lowest BCUT2D eigenvalue weighted by Gasteiger charge is -2.12. The molecular weight excluding hydrogens is 298 g/mol. The van der Waals surface area contributed by atoms with Gasteiger partial charge in [0, 0.05) is 25.4 Å². The van der Waals surface area contributed by atoms with Crippen molar-refractivity contribution in [3.63, 3.8) is 0 Å². The van der Waals surface area contributed by atoms with Crippen LogP contribution in [0.1, 0.15) is 17.7 Å². The molecule has 1 aromatic rings. The van der Waals surface area contributed by atoms with Crippen molar-refractivity contribution in [1.82, 2.24) is 14.7 Å². The van der Waals surface area contributed by atoms with Crippen LogP contribution in [0.2, 0.25) is 0 Å². The normalized spacial score (nSPS) is 17.3. The highest BCUT2D eigenvalue weighted by Crippen LogP contribution is 2.32. The van der Waals surface area contributed by atoms with Crippen LogP contribution in [0.25, 0.3) is 6.08 Å². The van der Waals surface area contributed by atoms with Gasteiger partial charge in [0.2, 0.25) is 0 Å². The number of hydrogen-bond donors (Lipinski definition) is 1. The highest BCUT2D eigenvalue weighted by molar-refractivity contribution is 8.26. The first-order chi connectivity index (χ1) is 9.38. The fraction of sp³-hybridized carbons (Fsp3) is 0.333. The third kappa shape index (κ3) is 3.07. The van der Waals surface area contributed by atoms with Gasteiger partial charge in [-0.2, -0.15) is 5.10 Å². The van der Waals surface area contributed by atoms with Gasteiger partial charge >= 0.3 is 5.97 Å². The van der Waals surface area contributed by atoms with E-state index in [0.717, 1.165) is 11.3 Å². The van der Waals surface area contributed by atoms with E-state index >= 15 is 0 Å². The summed E-state index contributed by atoms with van der Waals surface area (Å²) in [5, 5.41) is 12.9. The summed E-state index contributed by atoms with van der Waals surface area (Å²) in [6.07, 6.45) is 3.44. The van der Waals surface area contributed by atoms with Crippen molar-refractivity contribution in [3.05, 3.63) is 22.4 Å². The second-order valence-corrected chi connectivity index (χ2v) is 6.00. The fourth-order valence-corrected chi connectivity index (χ4v) is 3.10. The first kappa shape index (κ1) is 14.7. The Labute approximate surface area is 125 Å². The molecule has 0 unspecified atom stereocenters. The van der Waals surface area contributed by atoms with E-state index in [1.165, 1.54) is 16.7 Å². The number of carboxylic acids is 1. The minimum Gasteiger partial charge on any atom is -0.481 e. The molecular formula is C12H13N3O3S2. The van der Waals surface area contributed by atoms with Crippen LogP contribution < -0.4 is 0 Å². The van der Waals surface area contributed by atoms with Gasteiger partial charge in [0.25, 0.3) is 5.91 Å². The lowest BCUT2D eigenvalue weighted by molar-refractivity contribution is -0.137. The van der Waals surface area contributed by atoms with Crippen molar-refractivity contribution < 1.29 is 14.7 Å². The summed E-state index contributed by atoms with van der Waals surface area (Å²) < 4.78 is 2.07. The van der Waals surface area contributed by atoms with Gasteiger partial charge in [-0.25, -0.2) is 0 Å². The third-order valence-electron chi connectivity index (χ3n) is 2.76. The molecule has 1 saturated heterocycles. The molecule has 1 amide bonds. The van der Waals surface area contributed by atoms with E-state index in [9.17, 15) is 9.59 Å². The summed E-state index contributed by atoms with van der Waals surface area (Å²) in [6.45, 7) is 1.96. The number of thiocarbonyl (C=S) groups is 1. The minimum absolute atomic E-state index is 0.101. The number of carbonyl (C=O) groups excluding carboxylic acids is 1. The fourth-order valence-electron chi connectivity index (χ4n) is 1.80. The van der Waals surface area contributed by atoms with Crippen LogP contribution in [0.4, 0.5) is 0 Å². The molecule has 1 N–H and O–H groups in total. The molecule has 0 aliphatic carbocycles. The van der Waals surface area contributed by atoms with Crippen LogP contribution >= 0.6 is 24.0 Å². The van der Waals surface area contributed by atoms with Crippen LogP contribution in [0.15, 0.2) is 11.1 Å². The number of carbonyl (C=O) groups is 2. The van der Waals surface area contributed by atoms with Gasteiger partial charge in [-0.05, 0) is 13.0 Å². The first-order valence-electron chi connectivity index (χ1n) is 5.86. The number of aromatic nitrogens is 2. The molecule has 0 aromatic carbocycles. The summed E-state index contributed by atoms with van der Waals surface area (Å²) in [5.41, 5.74) is 1.68. The Morgan fingerprint density at radius 3 is 2.85 bits per heavy atom. The van der Waals surface area contributed by atoms with Crippen LogP contribution in [0, 0.1) is 6.92 Å². The quantitative estimate of drug-likeness (QED) is 0.669. The number of amides is 1. The maximum atomic E-state index is 12.2. The average Bonchev–Trinajstić information content (AvgIpc) is 2.79. The number of rotatable bonds is 4. The van der Waals surface area contributed by atoms with E-state index in [-0.39, 0.29) is 18.9 Å². The Kier molecular flexibility index (Phi) is 4.24. The largest absolute Gasteiger partial charge is 0.481 e. The molecule has 0 bridgehead atoms. The van der Waals surface area contributed by atoms with Crippen molar-refractivity contribution in [2.45, 2.75) is 13.3 Å². The topological polar surface area (TPSA) is 75.4 Å². The molecule has 1 aliphatic heterocycles. The van der Waals surface area contributed by atoms with E-state index in [1.54, 1.807) is 10.8 Å². The Morgan fingerprint density at radius 1 is 1.60 bits per heavy atom.